The number of aryl methyl sites for hydroxylation is 1. The highest BCUT2D eigenvalue weighted by Crippen LogP contribution is 2.10. The molecule has 1 fully saturated rings. The van der Waals surface area contributed by atoms with E-state index in [1.165, 1.54) is 6.42 Å². The second-order valence-corrected chi connectivity index (χ2v) is 4.09. The summed E-state index contributed by atoms with van der Waals surface area (Å²) in [5, 5.41) is 0. The molecular formula is C10H18N4. The molecule has 0 aliphatic carbocycles. The molecule has 4 heteroatoms. The summed E-state index contributed by atoms with van der Waals surface area (Å²) in [7, 11) is 2.03. The Labute approximate surface area is 84.7 Å². The van der Waals surface area contributed by atoms with Gasteiger partial charge >= 0.3 is 0 Å². The fourth-order valence-electron chi connectivity index (χ4n) is 1.98. The molecule has 1 atom stereocenters. The Morgan fingerprint density at radius 1 is 1.64 bits per heavy atom. The van der Waals surface area contributed by atoms with Crippen LogP contribution in [-0.4, -0.2) is 33.6 Å². The third-order valence-corrected chi connectivity index (χ3v) is 2.83. The monoisotopic (exact) mass is 194 g/mol. The highest BCUT2D eigenvalue weighted by Gasteiger charge is 2.17. The first-order valence-electron chi connectivity index (χ1n) is 5.20. The number of piperidine rings is 1. The minimum Gasteiger partial charge on any atom is -0.337 e. The quantitative estimate of drug-likeness (QED) is 0.738. The van der Waals surface area contributed by atoms with Crippen LogP contribution in [0.25, 0.3) is 0 Å². The first-order chi connectivity index (χ1) is 6.75. The maximum absolute atomic E-state index is 5.92. The number of nitrogens with two attached hydrogens (primary N) is 1. The zero-order valence-corrected chi connectivity index (χ0v) is 8.69. The molecule has 2 heterocycles. The minimum absolute atomic E-state index is 0.351. The molecule has 1 aromatic rings. The lowest BCUT2D eigenvalue weighted by atomic mass is 10.1. The van der Waals surface area contributed by atoms with Crippen LogP contribution in [0.1, 0.15) is 18.7 Å². The van der Waals surface area contributed by atoms with Crippen LogP contribution in [0.4, 0.5) is 0 Å². The van der Waals surface area contributed by atoms with Crippen LogP contribution in [0, 0.1) is 0 Å². The summed E-state index contributed by atoms with van der Waals surface area (Å²) in [4.78, 5) is 6.70. The smallest absolute Gasteiger partial charge is 0.122 e. The standard InChI is InChI=1S/C10H18N4/c1-13-6-4-12-10(13)8-14-5-2-3-9(11)7-14/h4,6,9H,2-3,5,7-8,11H2,1H3/t9-/m1/s1. The topological polar surface area (TPSA) is 47.1 Å². The maximum Gasteiger partial charge on any atom is 0.122 e. The number of aromatic nitrogens is 2. The molecule has 2 rings (SSSR count). The van der Waals surface area contributed by atoms with Crippen molar-refractivity contribution in [2.24, 2.45) is 12.8 Å². The van der Waals surface area contributed by atoms with E-state index in [2.05, 4.69) is 14.5 Å². The van der Waals surface area contributed by atoms with E-state index in [0.29, 0.717) is 6.04 Å². The zero-order valence-electron chi connectivity index (χ0n) is 8.69. The van der Waals surface area contributed by atoms with Gasteiger partial charge in [-0.3, -0.25) is 4.90 Å². The van der Waals surface area contributed by atoms with Gasteiger partial charge in [-0.25, -0.2) is 4.98 Å². The molecule has 0 aromatic carbocycles. The van der Waals surface area contributed by atoms with Crippen LogP contribution < -0.4 is 5.73 Å². The van der Waals surface area contributed by atoms with Crippen molar-refractivity contribution in [1.29, 1.82) is 0 Å². The van der Waals surface area contributed by atoms with Gasteiger partial charge in [0.15, 0.2) is 0 Å². The molecule has 0 radical (unpaired) electrons. The summed E-state index contributed by atoms with van der Waals surface area (Å²) in [5.41, 5.74) is 5.92. The van der Waals surface area contributed by atoms with Crippen molar-refractivity contribution in [3.8, 4) is 0 Å². The normalized spacial score (nSPS) is 24.0. The van der Waals surface area contributed by atoms with Gasteiger partial charge in [-0.05, 0) is 19.4 Å². The second kappa shape index (κ2) is 4.11. The molecular weight excluding hydrogens is 176 g/mol. The highest BCUT2D eigenvalue weighted by atomic mass is 15.2. The van der Waals surface area contributed by atoms with Crippen molar-refractivity contribution < 1.29 is 0 Å². The molecule has 0 saturated carbocycles. The maximum atomic E-state index is 5.92. The average molecular weight is 194 g/mol. The first kappa shape index (κ1) is 9.68. The van der Waals surface area contributed by atoms with Gasteiger partial charge in [0.2, 0.25) is 0 Å². The predicted octanol–water partition coefficient (Wildman–Crippen LogP) is 0.343. The Morgan fingerprint density at radius 2 is 2.50 bits per heavy atom. The summed E-state index contributed by atoms with van der Waals surface area (Å²) >= 11 is 0. The Kier molecular flexibility index (Phi) is 2.84. The summed E-state index contributed by atoms with van der Waals surface area (Å²) in [6, 6.07) is 0.351. The predicted molar refractivity (Wildman–Crippen MR) is 55.7 cm³/mol. The fraction of sp³-hybridized carbons (Fsp3) is 0.700. The van der Waals surface area contributed by atoms with E-state index in [0.717, 1.165) is 31.9 Å². The third kappa shape index (κ3) is 2.13. The lowest BCUT2D eigenvalue weighted by Gasteiger charge is -2.30. The van der Waals surface area contributed by atoms with Gasteiger partial charge in [0.25, 0.3) is 0 Å². The lowest BCUT2D eigenvalue weighted by Crippen LogP contribution is -2.42. The number of rotatable bonds is 2. The molecule has 0 spiro atoms. The number of imidazole rings is 1. The molecule has 1 saturated heterocycles. The van der Waals surface area contributed by atoms with Crippen molar-refractivity contribution in [3.05, 3.63) is 18.2 Å². The molecule has 1 aliphatic rings. The van der Waals surface area contributed by atoms with E-state index >= 15 is 0 Å². The molecule has 0 bridgehead atoms. The SMILES string of the molecule is Cn1ccnc1CN1CCC[C@@H](N)C1. The van der Waals surface area contributed by atoms with Gasteiger partial charge in [-0.2, -0.15) is 0 Å². The van der Waals surface area contributed by atoms with Crippen molar-refractivity contribution in [1.82, 2.24) is 14.5 Å². The Bertz CT molecular complexity index is 294. The van der Waals surface area contributed by atoms with E-state index in [1.807, 2.05) is 19.4 Å². The number of hydrogen-bond donors (Lipinski definition) is 1. The van der Waals surface area contributed by atoms with Gasteiger partial charge < -0.3 is 10.3 Å². The Balaban J connectivity index is 1.94. The summed E-state index contributed by atoms with van der Waals surface area (Å²) in [5.74, 6) is 1.12. The van der Waals surface area contributed by atoms with Crippen molar-refractivity contribution in [2.45, 2.75) is 25.4 Å². The van der Waals surface area contributed by atoms with Crippen LogP contribution in [0.2, 0.25) is 0 Å². The molecule has 0 amide bonds. The molecule has 14 heavy (non-hydrogen) atoms. The number of hydrogen-bond acceptors (Lipinski definition) is 3. The second-order valence-electron chi connectivity index (χ2n) is 4.09. The van der Waals surface area contributed by atoms with Crippen LogP contribution in [-0.2, 0) is 13.6 Å². The molecule has 0 unspecified atom stereocenters. The van der Waals surface area contributed by atoms with Gasteiger partial charge in [0.05, 0.1) is 6.54 Å². The van der Waals surface area contributed by atoms with Gasteiger partial charge in [0.1, 0.15) is 5.82 Å². The van der Waals surface area contributed by atoms with E-state index in [1.54, 1.807) is 0 Å². The summed E-state index contributed by atoms with van der Waals surface area (Å²) in [6.07, 6.45) is 6.21. The van der Waals surface area contributed by atoms with E-state index in [9.17, 15) is 0 Å². The van der Waals surface area contributed by atoms with Crippen LogP contribution in [0.3, 0.4) is 0 Å². The zero-order chi connectivity index (χ0) is 9.97. The molecule has 78 valence electrons. The van der Waals surface area contributed by atoms with Crippen molar-refractivity contribution >= 4 is 0 Å². The van der Waals surface area contributed by atoms with E-state index in [4.69, 9.17) is 5.73 Å². The molecule has 1 aromatic heterocycles. The summed E-state index contributed by atoms with van der Waals surface area (Å²) in [6.45, 7) is 3.09. The largest absolute Gasteiger partial charge is 0.337 e. The van der Waals surface area contributed by atoms with Crippen LogP contribution in [0.15, 0.2) is 12.4 Å². The van der Waals surface area contributed by atoms with Crippen LogP contribution >= 0.6 is 0 Å². The molecule has 1 aliphatic heterocycles. The van der Waals surface area contributed by atoms with Gasteiger partial charge in [-0.1, -0.05) is 0 Å². The van der Waals surface area contributed by atoms with Crippen molar-refractivity contribution in [3.63, 3.8) is 0 Å². The minimum atomic E-state index is 0.351. The molecule has 2 N–H and O–H groups in total. The lowest BCUT2D eigenvalue weighted by molar-refractivity contribution is 0.195. The molecule has 4 nitrogen and oxygen atoms in total. The Morgan fingerprint density at radius 3 is 3.14 bits per heavy atom. The highest BCUT2D eigenvalue weighted by molar-refractivity contribution is 4.92. The number of nitrogens with zero attached hydrogens (tertiary/aromatic N) is 3. The Hall–Kier alpha value is -0.870. The third-order valence-electron chi connectivity index (χ3n) is 2.83. The first-order valence-corrected chi connectivity index (χ1v) is 5.20. The van der Waals surface area contributed by atoms with Gasteiger partial charge in [-0.15, -0.1) is 0 Å². The van der Waals surface area contributed by atoms with E-state index in [-0.39, 0.29) is 0 Å². The number of likely N-dealkylation sites (tertiary alicyclic amines) is 1. The summed E-state index contributed by atoms with van der Waals surface area (Å²) < 4.78 is 2.07. The van der Waals surface area contributed by atoms with Crippen LogP contribution in [0.5, 0.6) is 0 Å². The van der Waals surface area contributed by atoms with E-state index < -0.39 is 0 Å². The average Bonchev–Trinajstić information content (AvgIpc) is 2.52. The van der Waals surface area contributed by atoms with Gasteiger partial charge in [0, 0.05) is 32.0 Å². The van der Waals surface area contributed by atoms with Crippen molar-refractivity contribution in [2.75, 3.05) is 13.1 Å². The fourth-order valence-corrected chi connectivity index (χ4v) is 1.98.